The smallest absolute Gasteiger partial charge is 0.206 e. The van der Waals surface area contributed by atoms with Crippen molar-refractivity contribution in [2.45, 2.75) is 26.8 Å². The van der Waals surface area contributed by atoms with E-state index in [1.807, 2.05) is 13.8 Å². The Hall–Kier alpha value is -1.37. The van der Waals surface area contributed by atoms with E-state index in [9.17, 15) is 22.0 Å². The molecule has 0 amide bonds. The van der Waals surface area contributed by atoms with Crippen LogP contribution in [0.1, 0.15) is 20.8 Å². The molecule has 1 aromatic carbocycles. The Labute approximate surface area is 113 Å². The summed E-state index contributed by atoms with van der Waals surface area (Å²) in [5, 5.41) is 3.07. The highest BCUT2D eigenvalue weighted by atomic mass is 19.2. The molecule has 0 saturated heterocycles. The minimum absolute atomic E-state index is 0.160. The number of halogens is 5. The Morgan fingerprint density at radius 2 is 1.30 bits per heavy atom. The number of rotatable bonds is 6. The van der Waals surface area contributed by atoms with E-state index in [0.29, 0.717) is 6.54 Å². The number of ether oxygens (including phenoxy) is 1. The fourth-order valence-electron chi connectivity index (χ4n) is 1.43. The van der Waals surface area contributed by atoms with E-state index in [4.69, 9.17) is 4.74 Å². The molecule has 0 aliphatic rings. The van der Waals surface area contributed by atoms with Gasteiger partial charge in [0.15, 0.2) is 5.75 Å². The average molecular weight is 297 g/mol. The summed E-state index contributed by atoms with van der Waals surface area (Å²) in [4.78, 5) is 0. The molecule has 0 aromatic heterocycles. The standard InChI is InChI=1S/C13H16F5NO/c1-6(2)19-4-7(3)5-20-13-11(17)9(15)8(14)10(16)12(13)18/h6-7,19H,4-5H2,1-3H3. The van der Waals surface area contributed by atoms with Gasteiger partial charge >= 0.3 is 0 Å². The maximum Gasteiger partial charge on any atom is 0.206 e. The van der Waals surface area contributed by atoms with E-state index < -0.39 is 34.8 Å². The van der Waals surface area contributed by atoms with Crippen LogP contribution in [0, 0.1) is 35.0 Å². The maximum absolute atomic E-state index is 13.3. The van der Waals surface area contributed by atoms with Gasteiger partial charge in [0.25, 0.3) is 0 Å². The van der Waals surface area contributed by atoms with Gasteiger partial charge in [-0.2, -0.15) is 8.78 Å². The topological polar surface area (TPSA) is 21.3 Å². The summed E-state index contributed by atoms with van der Waals surface area (Å²) in [5.74, 6) is -11.5. The predicted octanol–water partition coefficient (Wildman–Crippen LogP) is 3.40. The van der Waals surface area contributed by atoms with Crippen LogP contribution in [-0.4, -0.2) is 19.2 Å². The monoisotopic (exact) mass is 297 g/mol. The van der Waals surface area contributed by atoms with E-state index in [2.05, 4.69) is 5.32 Å². The van der Waals surface area contributed by atoms with Gasteiger partial charge in [-0.3, -0.25) is 0 Å². The van der Waals surface area contributed by atoms with Crippen molar-refractivity contribution in [3.05, 3.63) is 29.1 Å². The van der Waals surface area contributed by atoms with Crippen LogP contribution >= 0.6 is 0 Å². The summed E-state index contributed by atoms with van der Waals surface area (Å²) in [6, 6.07) is 0.214. The maximum atomic E-state index is 13.3. The van der Waals surface area contributed by atoms with E-state index in [0.717, 1.165) is 0 Å². The van der Waals surface area contributed by atoms with E-state index in [-0.39, 0.29) is 18.6 Å². The summed E-state index contributed by atoms with van der Waals surface area (Å²) in [6.07, 6.45) is 0. The number of nitrogens with one attached hydrogen (secondary N) is 1. The second-order valence-electron chi connectivity index (χ2n) is 4.88. The molecule has 0 bridgehead atoms. The Kier molecular flexibility index (Phi) is 5.74. The molecular weight excluding hydrogens is 281 g/mol. The molecule has 7 heteroatoms. The van der Waals surface area contributed by atoms with Gasteiger partial charge in [0.1, 0.15) is 0 Å². The third-order valence-electron chi connectivity index (χ3n) is 2.56. The molecule has 1 rings (SSSR count). The molecular formula is C13H16F5NO. The van der Waals surface area contributed by atoms with E-state index in [1.165, 1.54) is 0 Å². The lowest BCUT2D eigenvalue weighted by Gasteiger charge is -2.16. The van der Waals surface area contributed by atoms with Crippen molar-refractivity contribution in [2.75, 3.05) is 13.2 Å². The lowest BCUT2D eigenvalue weighted by molar-refractivity contribution is 0.221. The van der Waals surface area contributed by atoms with Crippen molar-refractivity contribution in [1.82, 2.24) is 5.32 Å². The SMILES string of the molecule is CC(CNC(C)C)COc1c(F)c(F)c(F)c(F)c1F. The van der Waals surface area contributed by atoms with Crippen LogP contribution in [0.5, 0.6) is 5.75 Å². The first-order chi connectivity index (χ1) is 9.25. The van der Waals surface area contributed by atoms with Crippen LogP contribution in [0.3, 0.4) is 0 Å². The van der Waals surface area contributed by atoms with Crippen LogP contribution in [0.4, 0.5) is 22.0 Å². The molecule has 0 saturated carbocycles. The Morgan fingerprint density at radius 1 is 0.850 bits per heavy atom. The van der Waals surface area contributed by atoms with Crippen LogP contribution in [0.25, 0.3) is 0 Å². The molecule has 0 aliphatic heterocycles. The van der Waals surface area contributed by atoms with Crippen molar-refractivity contribution in [2.24, 2.45) is 5.92 Å². The minimum atomic E-state index is -2.19. The molecule has 0 fully saturated rings. The molecule has 1 N–H and O–H groups in total. The molecule has 0 heterocycles. The van der Waals surface area contributed by atoms with Gasteiger partial charge in [-0.15, -0.1) is 0 Å². The molecule has 1 atom stereocenters. The average Bonchev–Trinajstić information content (AvgIpc) is 2.40. The zero-order chi connectivity index (χ0) is 15.4. The van der Waals surface area contributed by atoms with Crippen LogP contribution < -0.4 is 10.1 Å². The molecule has 114 valence electrons. The van der Waals surface area contributed by atoms with E-state index >= 15 is 0 Å². The fourth-order valence-corrected chi connectivity index (χ4v) is 1.43. The molecule has 20 heavy (non-hydrogen) atoms. The van der Waals surface area contributed by atoms with Crippen LogP contribution in [0.15, 0.2) is 0 Å². The van der Waals surface area contributed by atoms with Gasteiger partial charge in [0.05, 0.1) is 6.61 Å². The Bertz CT molecular complexity index is 449. The van der Waals surface area contributed by atoms with Gasteiger partial charge in [0, 0.05) is 18.5 Å². The number of benzene rings is 1. The summed E-state index contributed by atoms with van der Waals surface area (Å²) >= 11 is 0. The molecule has 0 aliphatic carbocycles. The Balaban J connectivity index is 2.78. The first-order valence-electron chi connectivity index (χ1n) is 6.13. The second-order valence-corrected chi connectivity index (χ2v) is 4.88. The van der Waals surface area contributed by atoms with Gasteiger partial charge in [0.2, 0.25) is 29.1 Å². The zero-order valence-corrected chi connectivity index (χ0v) is 11.4. The molecule has 0 spiro atoms. The van der Waals surface area contributed by atoms with Crippen LogP contribution in [0.2, 0.25) is 0 Å². The summed E-state index contributed by atoms with van der Waals surface area (Å²) in [5.41, 5.74) is 0. The summed E-state index contributed by atoms with van der Waals surface area (Å²) in [6.45, 7) is 5.88. The highest BCUT2D eigenvalue weighted by Crippen LogP contribution is 2.29. The lowest BCUT2D eigenvalue weighted by atomic mass is 10.2. The highest BCUT2D eigenvalue weighted by Gasteiger charge is 2.27. The molecule has 1 aromatic rings. The summed E-state index contributed by atoms with van der Waals surface area (Å²) < 4.78 is 70.0. The summed E-state index contributed by atoms with van der Waals surface area (Å²) in [7, 11) is 0. The van der Waals surface area contributed by atoms with E-state index in [1.54, 1.807) is 6.92 Å². The van der Waals surface area contributed by atoms with Gasteiger partial charge in [-0.05, 0) is 0 Å². The van der Waals surface area contributed by atoms with Crippen molar-refractivity contribution in [3.8, 4) is 5.75 Å². The quantitative estimate of drug-likeness (QED) is 0.494. The van der Waals surface area contributed by atoms with Crippen molar-refractivity contribution < 1.29 is 26.7 Å². The van der Waals surface area contributed by atoms with Crippen molar-refractivity contribution in [3.63, 3.8) is 0 Å². The number of hydrogen-bond donors (Lipinski definition) is 1. The van der Waals surface area contributed by atoms with Crippen LogP contribution in [-0.2, 0) is 0 Å². The fraction of sp³-hybridized carbons (Fsp3) is 0.538. The molecule has 1 unspecified atom stereocenters. The first-order valence-corrected chi connectivity index (χ1v) is 6.13. The zero-order valence-electron chi connectivity index (χ0n) is 11.4. The Morgan fingerprint density at radius 3 is 1.75 bits per heavy atom. The molecule has 2 nitrogen and oxygen atoms in total. The third-order valence-corrected chi connectivity index (χ3v) is 2.56. The number of hydrogen-bond acceptors (Lipinski definition) is 2. The predicted molar refractivity (Wildman–Crippen MR) is 64.0 cm³/mol. The first kappa shape index (κ1) is 16.7. The van der Waals surface area contributed by atoms with Crippen molar-refractivity contribution in [1.29, 1.82) is 0 Å². The van der Waals surface area contributed by atoms with Gasteiger partial charge in [-0.25, -0.2) is 13.2 Å². The van der Waals surface area contributed by atoms with Gasteiger partial charge < -0.3 is 10.1 Å². The largest absolute Gasteiger partial charge is 0.487 e. The normalized spacial score (nSPS) is 12.8. The third kappa shape index (κ3) is 3.82. The second kappa shape index (κ2) is 6.88. The minimum Gasteiger partial charge on any atom is -0.487 e. The molecule has 0 radical (unpaired) electrons. The highest BCUT2D eigenvalue weighted by molar-refractivity contribution is 5.29. The van der Waals surface area contributed by atoms with Gasteiger partial charge in [-0.1, -0.05) is 20.8 Å². The lowest BCUT2D eigenvalue weighted by Crippen LogP contribution is -2.30. The van der Waals surface area contributed by atoms with Crippen molar-refractivity contribution >= 4 is 0 Å².